The van der Waals surface area contributed by atoms with Gasteiger partial charge in [0.2, 0.25) is 0 Å². The topological polar surface area (TPSA) is 59.0 Å². The van der Waals surface area contributed by atoms with Gasteiger partial charge in [0, 0.05) is 12.7 Å². The molecule has 2 aromatic rings. The number of para-hydroxylation sites is 1. The van der Waals surface area contributed by atoms with Gasteiger partial charge in [0.25, 0.3) is 0 Å². The van der Waals surface area contributed by atoms with Crippen LogP contribution in [0.4, 0.5) is 5.69 Å². The molecule has 5 heteroatoms. The van der Waals surface area contributed by atoms with Gasteiger partial charge >= 0.3 is 5.97 Å². The van der Waals surface area contributed by atoms with Gasteiger partial charge in [-0.25, -0.2) is 4.79 Å². The zero-order valence-electron chi connectivity index (χ0n) is 12.2. The van der Waals surface area contributed by atoms with Gasteiger partial charge in [0.1, 0.15) is 13.2 Å². The second-order valence-electron chi connectivity index (χ2n) is 5.09. The summed E-state index contributed by atoms with van der Waals surface area (Å²) in [7, 11) is 1.77. The van der Waals surface area contributed by atoms with Crippen molar-refractivity contribution in [3.8, 4) is 11.5 Å². The summed E-state index contributed by atoms with van der Waals surface area (Å²) in [4.78, 5) is 13.5. The third-order valence-electron chi connectivity index (χ3n) is 3.67. The standard InChI is InChI=1S/C17H17NO4/c1-18(13-5-3-2-4-6-13)16(17(19)20)12-7-8-14-15(11-12)22-10-9-21-14/h2-8,11,16H,9-10H2,1H3,(H,19,20). The Morgan fingerprint density at radius 1 is 1.09 bits per heavy atom. The summed E-state index contributed by atoms with van der Waals surface area (Å²) >= 11 is 0. The Hall–Kier alpha value is -2.69. The van der Waals surface area contributed by atoms with E-state index in [1.54, 1.807) is 30.1 Å². The quantitative estimate of drug-likeness (QED) is 0.940. The molecule has 1 N–H and O–H groups in total. The Bertz CT molecular complexity index is 672. The number of anilines is 1. The number of nitrogens with zero attached hydrogens (tertiary/aromatic N) is 1. The number of rotatable bonds is 4. The van der Waals surface area contributed by atoms with Crippen LogP contribution in [-0.4, -0.2) is 31.3 Å². The van der Waals surface area contributed by atoms with Crippen LogP contribution in [0.1, 0.15) is 11.6 Å². The number of likely N-dealkylation sites (N-methyl/N-ethyl adjacent to an activating group) is 1. The minimum Gasteiger partial charge on any atom is -0.486 e. The van der Waals surface area contributed by atoms with Gasteiger partial charge in [0.05, 0.1) is 0 Å². The van der Waals surface area contributed by atoms with Crippen LogP contribution in [0.3, 0.4) is 0 Å². The second kappa shape index (κ2) is 5.97. The number of aliphatic carboxylic acids is 1. The number of carboxylic acid groups (broad SMARTS) is 1. The third kappa shape index (κ3) is 2.70. The lowest BCUT2D eigenvalue weighted by atomic mass is 10.0. The fraction of sp³-hybridized carbons (Fsp3) is 0.235. The molecule has 0 saturated heterocycles. The number of benzene rings is 2. The maximum atomic E-state index is 11.8. The highest BCUT2D eigenvalue weighted by atomic mass is 16.6. The average Bonchev–Trinajstić information content (AvgIpc) is 2.55. The third-order valence-corrected chi connectivity index (χ3v) is 3.67. The Morgan fingerprint density at radius 2 is 1.77 bits per heavy atom. The molecule has 0 aromatic heterocycles. The van der Waals surface area contributed by atoms with E-state index in [2.05, 4.69) is 0 Å². The molecule has 0 aliphatic carbocycles. The Labute approximate surface area is 128 Å². The van der Waals surface area contributed by atoms with Crippen molar-refractivity contribution >= 4 is 11.7 Å². The molecule has 0 saturated carbocycles. The summed E-state index contributed by atoms with van der Waals surface area (Å²) in [5, 5.41) is 9.65. The average molecular weight is 299 g/mol. The van der Waals surface area contributed by atoms with Gasteiger partial charge in [-0.05, 0) is 29.8 Å². The van der Waals surface area contributed by atoms with Crippen LogP contribution in [0.2, 0.25) is 0 Å². The van der Waals surface area contributed by atoms with Crippen LogP contribution >= 0.6 is 0 Å². The van der Waals surface area contributed by atoms with Crippen molar-refractivity contribution in [2.45, 2.75) is 6.04 Å². The summed E-state index contributed by atoms with van der Waals surface area (Å²) in [5.74, 6) is 0.334. The van der Waals surface area contributed by atoms with Crippen molar-refractivity contribution in [3.05, 3.63) is 54.1 Å². The van der Waals surface area contributed by atoms with Crippen LogP contribution in [0, 0.1) is 0 Å². The largest absolute Gasteiger partial charge is 0.486 e. The van der Waals surface area contributed by atoms with E-state index in [-0.39, 0.29) is 0 Å². The molecule has 0 bridgehead atoms. The van der Waals surface area contributed by atoms with E-state index in [0.29, 0.717) is 30.3 Å². The van der Waals surface area contributed by atoms with Gasteiger partial charge in [-0.3, -0.25) is 0 Å². The molecule has 0 spiro atoms. The highest BCUT2D eigenvalue weighted by Crippen LogP contribution is 2.35. The second-order valence-corrected chi connectivity index (χ2v) is 5.09. The fourth-order valence-electron chi connectivity index (χ4n) is 2.57. The van der Waals surface area contributed by atoms with E-state index in [1.807, 2.05) is 30.3 Å². The molecule has 1 unspecified atom stereocenters. The molecule has 0 fully saturated rings. The van der Waals surface area contributed by atoms with Crippen molar-refractivity contribution < 1.29 is 19.4 Å². The van der Waals surface area contributed by atoms with Crippen LogP contribution in [0.15, 0.2) is 48.5 Å². The molecule has 1 heterocycles. The Morgan fingerprint density at radius 3 is 2.45 bits per heavy atom. The Kier molecular flexibility index (Phi) is 3.87. The maximum Gasteiger partial charge on any atom is 0.331 e. The molecule has 1 atom stereocenters. The molecular formula is C17H17NO4. The van der Waals surface area contributed by atoms with E-state index < -0.39 is 12.0 Å². The lowest BCUT2D eigenvalue weighted by Gasteiger charge is -2.28. The number of hydrogen-bond donors (Lipinski definition) is 1. The summed E-state index contributed by atoms with van der Waals surface area (Å²) in [5.41, 5.74) is 1.49. The molecular weight excluding hydrogens is 282 g/mol. The predicted octanol–water partition coefficient (Wildman–Crippen LogP) is 2.72. The van der Waals surface area contributed by atoms with Crippen LogP contribution < -0.4 is 14.4 Å². The first-order valence-corrected chi connectivity index (χ1v) is 7.07. The van der Waals surface area contributed by atoms with Gasteiger partial charge < -0.3 is 19.5 Å². The minimum absolute atomic E-state index is 0.475. The first kappa shape index (κ1) is 14.3. The highest BCUT2D eigenvalue weighted by Gasteiger charge is 2.26. The smallest absolute Gasteiger partial charge is 0.331 e. The van der Waals surface area contributed by atoms with E-state index >= 15 is 0 Å². The first-order valence-electron chi connectivity index (χ1n) is 7.07. The van der Waals surface area contributed by atoms with Gasteiger partial charge in [-0.2, -0.15) is 0 Å². The SMILES string of the molecule is CN(c1ccccc1)C(C(=O)O)c1ccc2c(c1)OCCO2. The maximum absolute atomic E-state index is 11.8. The van der Waals surface area contributed by atoms with E-state index in [4.69, 9.17) is 9.47 Å². The number of carboxylic acids is 1. The molecule has 1 aliphatic heterocycles. The number of hydrogen-bond acceptors (Lipinski definition) is 4. The fourth-order valence-corrected chi connectivity index (χ4v) is 2.57. The predicted molar refractivity (Wildman–Crippen MR) is 82.7 cm³/mol. The number of ether oxygens (including phenoxy) is 2. The van der Waals surface area contributed by atoms with Crippen molar-refractivity contribution in [2.24, 2.45) is 0 Å². The van der Waals surface area contributed by atoms with Gasteiger partial charge in [0.15, 0.2) is 17.5 Å². The molecule has 0 amide bonds. The lowest BCUT2D eigenvalue weighted by molar-refractivity contribution is -0.138. The first-order chi connectivity index (χ1) is 10.7. The van der Waals surface area contributed by atoms with Crippen molar-refractivity contribution in [3.63, 3.8) is 0 Å². The summed E-state index contributed by atoms with van der Waals surface area (Å²) < 4.78 is 11.0. The number of carbonyl (C=O) groups is 1. The molecule has 1 aliphatic rings. The summed E-state index contributed by atoms with van der Waals surface area (Å²) in [6.07, 6.45) is 0. The number of fused-ring (bicyclic) bond motifs is 1. The van der Waals surface area contributed by atoms with Crippen LogP contribution in [0.5, 0.6) is 11.5 Å². The molecule has 22 heavy (non-hydrogen) atoms. The normalized spacial score (nSPS) is 14.2. The molecule has 5 nitrogen and oxygen atoms in total. The van der Waals surface area contributed by atoms with E-state index in [1.165, 1.54) is 0 Å². The molecule has 3 rings (SSSR count). The monoisotopic (exact) mass is 299 g/mol. The summed E-state index contributed by atoms with van der Waals surface area (Å²) in [6, 6.07) is 13.9. The van der Waals surface area contributed by atoms with Crippen LogP contribution in [0.25, 0.3) is 0 Å². The van der Waals surface area contributed by atoms with Crippen molar-refractivity contribution in [1.29, 1.82) is 0 Å². The van der Waals surface area contributed by atoms with E-state index in [9.17, 15) is 9.90 Å². The molecule has 114 valence electrons. The minimum atomic E-state index is -0.914. The van der Waals surface area contributed by atoms with E-state index in [0.717, 1.165) is 5.69 Å². The molecule has 0 radical (unpaired) electrons. The van der Waals surface area contributed by atoms with Gasteiger partial charge in [-0.15, -0.1) is 0 Å². The van der Waals surface area contributed by atoms with Crippen LogP contribution in [-0.2, 0) is 4.79 Å². The zero-order chi connectivity index (χ0) is 15.5. The zero-order valence-corrected chi connectivity index (χ0v) is 12.2. The Balaban J connectivity index is 1.96. The highest BCUT2D eigenvalue weighted by molar-refractivity contribution is 5.80. The molecule has 2 aromatic carbocycles. The van der Waals surface area contributed by atoms with Crippen molar-refractivity contribution in [2.75, 3.05) is 25.2 Å². The summed E-state index contributed by atoms with van der Waals surface area (Å²) in [6.45, 7) is 0.987. The van der Waals surface area contributed by atoms with Gasteiger partial charge in [-0.1, -0.05) is 24.3 Å². The lowest BCUT2D eigenvalue weighted by Crippen LogP contribution is -2.30. The van der Waals surface area contributed by atoms with Crippen molar-refractivity contribution in [1.82, 2.24) is 0 Å².